The fourth-order valence-electron chi connectivity index (χ4n) is 1.90. The van der Waals surface area contributed by atoms with Gasteiger partial charge in [-0.25, -0.2) is 14.9 Å². The highest BCUT2D eigenvalue weighted by molar-refractivity contribution is 6.33. The molecule has 0 saturated carbocycles. The van der Waals surface area contributed by atoms with Gasteiger partial charge >= 0.3 is 5.97 Å². The van der Waals surface area contributed by atoms with Crippen LogP contribution >= 0.6 is 11.6 Å². The van der Waals surface area contributed by atoms with Gasteiger partial charge in [0.05, 0.1) is 16.8 Å². The third kappa shape index (κ3) is 3.20. The van der Waals surface area contributed by atoms with E-state index < -0.39 is 5.97 Å². The third-order valence-electron chi connectivity index (χ3n) is 3.04. The van der Waals surface area contributed by atoms with Crippen LogP contribution in [0, 0.1) is 0 Å². The molecule has 0 saturated heterocycles. The number of rotatable bonds is 5. The Labute approximate surface area is 140 Å². The molecule has 0 fully saturated rings. The Hall–Kier alpha value is -3.33. The second kappa shape index (κ2) is 6.42. The fourth-order valence-corrected chi connectivity index (χ4v) is 2.09. The molecule has 1 aromatic carbocycles. The largest absolute Gasteiger partial charge is 0.478 e. The number of nitrogen functional groups attached to an aromatic ring is 1. The third-order valence-corrected chi connectivity index (χ3v) is 3.37. The molecule has 3 rings (SSSR count). The quantitative estimate of drug-likeness (QED) is 0.366. The van der Waals surface area contributed by atoms with E-state index in [4.69, 9.17) is 27.0 Å². The predicted octanol–water partition coefficient (Wildman–Crippen LogP) is 2.05. The van der Waals surface area contributed by atoms with E-state index >= 15 is 0 Å². The summed E-state index contributed by atoms with van der Waals surface area (Å²) < 4.78 is 6.77. The lowest BCUT2D eigenvalue weighted by atomic mass is 10.1. The van der Waals surface area contributed by atoms with Crippen molar-refractivity contribution in [2.75, 3.05) is 11.3 Å². The van der Waals surface area contributed by atoms with Crippen LogP contribution in [0.15, 0.2) is 46.2 Å². The minimum Gasteiger partial charge on any atom is -0.478 e. The maximum absolute atomic E-state index is 11.1. The van der Waals surface area contributed by atoms with Gasteiger partial charge in [-0.3, -0.25) is 0 Å². The molecule has 3 aromatic rings. The van der Waals surface area contributed by atoms with E-state index in [0.717, 1.165) is 0 Å². The minimum atomic E-state index is -1.11. The topological polar surface area (TPSA) is 132 Å². The van der Waals surface area contributed by atoms with Gasteiger partial charge in [-0.15, -0.1) is 10.2 Å². The van der Waals surface area contributed by atoms with Crippen molar-refractivity contribution in [3.05, 3.63) is 53.0 Å². The molecule has 0 amide bonds. The number of nitrogens with one attached hydrogen (secondary N) is 1. The number of halogens is 1. The van der Waals surface area contributed by atoms with Gasteiger partial charge in [0.15, 0.2) is 0 Å². The molecular formula is C14H11ClN6O3. The van der Waals surface area contributed by atoms with Gasteiger partial charge in [-0.05, 0) is 30.3 Å². The number of carboxylic acids is 1. The summed E-state index contributed by atoms with van der Waals surface area (Å²) in [4.78, 5) is 11.1. The second-order valence-electron chi connectivity index (χ2n) is 4.63. The van der Waals surface area contributed by atoms with Gasteiger partial charge in [-0.1, -0.05) is 11.6 Å². The number of furan rings is 1. The molecule has 0 bridgehead atoms. The lowest BCUT2D eigenvalue weighted by molar-refractivity contribution is 0.0697. The number of benzene rings is 1. The first kappa shape index (κ1) is 15.6. The molecule has 0 aliphatic rings. The predicted molar refractivity (Wildman–Crippen MR) is 87.5 cm³/mol. The van der Waals surface area contributed by atoms with Gasteiger partial charge in [0, 0.05) is 5.56 Å². The Morgan fingerprint density at radius 2 is 2.25 bits per heavy atom. The average Bonchev–Trinajstić information content (AvgIpc) is 3.17. The molecule has 2 heterocycles. The van der Waals surface area contributed by atoms with E-state index in [2.05, 4.69) is 20.7 Å². The van der Waals surface area contributed by atoms with Gasteiger partial charge < -0.3 is 15.4 Å². The van der Waals surface area contributed by atoms with Crippen LogP contribution in [0.3, 0.4) is 0 Å². The minimum absolute atomic E-state index is 0.00438. The van der Waals surface area contributed by atoms with Gasteiger partial charge in [0.1, 0.15) is 17.8 Å². The van der Waals surface area contributed by atoms with Crippen LogP contribution in [0.5, 0.6) is 0 Å². The zero-order valence-corrected chi connectivity index (χ0v) is 12.8. The second-order valence-corrected chi connectivity index (χ2v) is 5.04. The standard InChI is InChI=1S/C14H11ClN6O3/c15-11-3-1-8(5-10(11)13(22)23)12-4-2-9(24-12)6-17-19-14-20-18-7-21(14)16/h1-7H,16H2,(H,19,20)(H,22,23). The molecule has 0 aliphatic heterocycles. The molecule has 0 spiro atoms. The van der Waals surface area contributed by atoms with Crippen LogP contribution in [-0.4, -0.2) is 32.2 Å². The number of carbonyl (C=O) groups is 1. The molecule has 9 nitrogen and oxygen atoms in total. The lowest BCUT2D eigenvalue weighted by Gasteiger charge is -2.01. The van der Waals surface area contributed by atoms with E-state index in [1.807, 2.05) is 0 Å². The molecule has 0 aliphatic carbocycles. The summed E-state index contributed by atoms with van der Waals surface area (Å²) >= 11 is 5.85. The molecule has 10 heteroatoms. The SMILES string of the molecule is Nn1cnnc1NN=Cc1ccc(-c2ccc(Cl)c(C(=O)O)c2)o1. The normalized spacial score (nSPS) is 11.0. The van der Waals surface area contributed by atoms with E-state index in [9.17, 15) is 4.79 Å². The Kier molecular flexibility index (Phi) is 4.17. The van der Waals surface area contributed by atoms with E-state index in [1.165, 1.54) is 29.4 Å². The van der Waals surface area contributed by atoms with Gasteiger partial charge in [0.2, 0.25) is 0 Å². The number of carboxylic acid groups (broad SMARTS) is 1. The summed E-state index contributed by atoms with van der Waals surface area (Å²) in [6.45, 7) is 0. The summed E-state index contributed by atoms with van der Waals surface area (Å²) in [6.07, 6.45) is 2.75. The van der Waals surface area contributed by atoms with Crippen molar-refractivity contribution in [1.29, 1.82) is 0 Å². The summed E-state index contributed by atoms with van der Waals surface area (Å²) in [5, 5.41) is 20.5. The Balaban J connectivity index is 1.77. The highest BCUT2D eigenvalue weighted by atomic mass is 35.5. The maximum Gasteiger partial charge on any atom is 0.337 e. The number of hydrogen-bond donors (Lipinski definition) is 3. The van der Waals surface area contributed by atoms with Crippen molar-refractivity contribution in [1.82, 2.24) is 14.9 Å². The molecule has 0 atom stereocenters. The van der Waals surface area contributed by atoms with Crippen LogP contribution in [0.4, 0.5) is 5.95 Å². The summed E-state index contributed by atoms with van der Waals surface area (Å²) in [6, 6.07) is 8.00. The van der Waals surface area contributed by atoms with Crippen LogP contribution in [-0.2, 0) is 0 Å². The zero-order valence-electron chi connectivity index (χ0n) is 12.0. The number of nitrogens with zero attached hydrogens (tertiary/aromatic N) is 4. The van der Waals surface area contributed by atoms with Crippen molar-refractivity contribution in [3.63, 3.8) is 0 Å². The van der Waals surface area contributed by atoms with Gasteiger partial charge in [-0.2, -0.15) is 5.10 Å². The monoisotopic (exact) mass is 346 g/mol. The number of aromatic carboxylic acids is 1. The average molecular weight is 347 g/mol. The van der Waals surface area contributed by atoms with Crippen LogP contribution in [0.25, 0.3) is 11.3 Å². The highest BCUT2D eigenvalue weighted by Gasteiger charge is 2.12. The fraction of sp³-hybridized carbons (Fsp3) is 0. The van der Waals surface area contributed by atoms with Crippen LogP contribution < -0.4 is 11.3 Å². The first-order valence-electron chi connectivity index (χ1n) is 6.62. The Morgan fingerprint density at radius 1 is 1.42 bits per heavy atom. The Morgan fingerprint density at radius 3 is 2.96 bits per heavy atom. The maximum atomic E-state index is 11.1. The molecule has 0 unspecified atom stereocenters. The first-order valence-corrected chi connectivity index (χ1v) is 6.99. The van der Waals surface area contributed by atoms with Crippen LogP contribution in [0.2, 0.25) is 5.02 Å². The number of hydrogen-bond acceptors (Lipinski definition) is 7. The van der Waals surface area contributed by atoms with Crippen molar-refractivity contribution in [2.45, 2.75) is 0 Å². The summed E-state index contributed by atoms with van der Waals surface area (Å²) in [7, 11) is 0. The zero-order chi connectivity index (χ0) is 17.1. The van der Waals surface area contributed by atoms with Crippen molar-refractivity contribution in [3.8, 4) is 11.3 Å². The van der Waals surface area contributed by atoms with Crippen LogP contribution in [0.1, 0.15) is 16.1 Å². The molecule has 24 heavy (non-hydrogen) atoms. The van der Waals surface area contributed by atoms with E-state index in [-0.39, 0.29) is 16.5 Å². The highest BCUT2D eigenvalue weighted by Crippen LogP contribution is 2.26. The first-order chi connectivity index (χ1) is 11.5. The molecule has 4 N–H and O–H groups in total. The number of hydrazone groups is 1. The van der Waals surface area contributed by atoms with E-state index in [1.54, 1.807) is 18.2 Å². The van der Waals surface area contributed by atoms with Gasteiger partial charge in [0.25, 0.3) is 5.95 Å². The lowest BCUT2D eigenvalue weighted by Crippen LogP contribution is -2.10. The van der Waals surface area contributed by atoms with Crippen molar-refractivity contribution >= 4 is 29.7 Å². The summed E-state index contributed by atoms with van der Waals surface area (Å²) in [5.74, 6) is 5.62. The van der Waals surface area contributed by atoms with Crippen molar-refractivity contribution < 1.29 is 14.3 Å². The van der Waals surface area contributed by atoms with Crippen molar-refractivity contribution in [2.24, 2.45) is 5.10 Å². The number of nitrogens with two attached hydrogens (primary N) is 1. The molecular weight excluding hydrogens is 336 g/mol. The molecule has 2 aromatic heterocycles. The number of anilines is 1. The van der Waals surface area contributed by atoms with E-state index in [0.29, 0.717) is 17.1 Å². The molecule has 0 radical (unpaired) electrons. The Bertz CT molecular complexity index is 917. The smallest absolute Gasteiger partial charge is 0.337 e. The summed E-state index contributed by atoms with van der Waals surface area (Å²) in [5.41, 5.74) is 3.19. The molecule has 122 valence electrons. The number of aromatic nitrogens is 3.